The van der Waals surface area contributed by atoms with E-state index in [2.05, 4.69) is 5.32 Å². The molecule has 0 bridgehead atoms. The predicted molar refractivity (Wildman–Crippen MR) is 97.5 cm³/mol. The number of allylic oxidation sites excluding steroid dienone is 1. The van der Waals surface area contributed by atoms with Crippen LogP contribution in [0.25, 0.3) is 5.70 Å². The van der Waals surface area contributed by atoms with Crippen LogP contribution in [0.3, 0.4) is 0 Å². The first-order valence-electron chi connectivity index (χ1n) is 8.59. The zero-order valence-electron chi connectivity index (χ0n) is 14.9. The Balaban J connectivity index is 0.000000240. The molecule has 0 spiro atoms. The lowest BCUT2D eigenvalue weighted by Gasteiger charge is -2.21. The van der Waals surface area contributed by atoms with Crippen molar-refractivity contribution in [3.05, 3.63) is 29.8 Å². The highest BCUT2D eigenvalue weighted by Gasteiger charge is 2.20. The van der Waals surface area contributed by atoms with Crippen LogP contribution in [0.5, 0.6) is 11.5 Å². The van der Waals surface area contributed by atoms with Crippen LogP contribution < -0.4 is 11.1 Å². The van der Waals surface area contributed by atoms with Crippen molar-refractivity contribution in [3.63, 3.8) is 0 Å². The Hall–Kier alpha value is -2.17. The van der Waals surface area contributed by atoms with Crippen molar-refractivity contribution < 1.29 is 15.0 Å². The molecule has 1 fully saturated rings. The van der Waals surface area contributed by atoms with Gasteiger partial charge in [0.2, 0.25) is 5.91 Å². The Labute approximate surface area is 144 Å². The average molecular weight is 334 g/mol. The summed E-state index contributed by atoms with van der Waals surface area (Å²) in [6.45, 7) is 5.81. The SMILES string of the molecule is C/C=C(\N)c1ccc(O)cc1O.CC(C)NC(=O)C1CCCCC1. The lowest BCUT2D eigenvalue weighted by Crippen LogP contribution is -2.36. The van der Waals surface area contributed by atoms with Gasteiger partial charge in [-0.2, -0.15) is 0 Å². The van der Waals surface area contributed by atoms with Gasteiger partial charge in [-0.25, -0.2) is 0 Å². The van der Waals surface area contributed by atoms with E-state index in [-0.39, 0.29) is 17.4 Å². The Bertz CT molecular complexity index is 562. The van der Waals surface area contributed by atoms with E-state index < -0.39 is 0 Å². The summed E-state index contributed by atoms with van der Waals surface area (Å²) < 4.78 is 0. The highest BCUT2D eigenvalue weighted by molar-refractivity contribution is 5.78. The summed E-state index contributed by atoms with van der Waals surface area (Å²) in [5.41, 5.74) is 6.60. The number of aromatic hydroxyl groups is 2. The minimum atomic E-state index is -0.00870. The molecule has 5 heteroatoms. The molecule has 1 aromatic carbocycles. The van der Waals surface area contributed by atoms with Crippen molar-refractivity contribution in [3.8, 4) is 11.5 Å². The van der Waals surface area contributed by atoms with Gasteiger partial charge in [-0.3, -0.25) is 4.79 Å². The smallest absolute Gasteiger partial charge is 0.223 e. The molecule has 0 radical (unpaired) electrons. The fourth-order valence-electron chi connectivity index (χ4n) is 2.69. The van der Waals surface area contributed by atoms with E-state index in [1.54, 1.807) is 19.1 Å². The molecule has 0 aromatic heterocycles. The van der Waals surface area contributed by atoms with Crippen LogP contribution in [0, 0.1) is 5.92 Å². The molecule has 5 nitrogen and oxygen atoms in total. The Kier molecular flexibility index (Phi) is 8.16. The molecule has 134 valence electrons. The Morgan fingerprint density at radius 3 is 2.38 bits per heavy atom. The summed E-state index contributed by atoms with van der Waals surface area (Å²) in [7, 11) is 0. The maximum absolute atomic E-state index is 11.5. The first-order chi connectivity index (χ1) is 11.3. The predicted octanol–water partition coefficient (Wildman–Crippen LogP) is 3.51. The second kappa shape index (κ2) is 9.85. The van der Waals surface area contributed by atoms with Crippen LogP contribution >= 0.6 is 0 Å². The van der Waals surface area contributed by atoms with Crippen LogP contribution in [0.4, 0.5) is 0 Å². The molecular formula is C19H30N2O3. The van der Waals surface area contributed by atoms with Gasteiger partial charge in [0.25, 0.3) is 0 Å². The second-order valence-corrected chi connectivity index (χ2v) is 6.44. The normalized spacial score (nSPS) is 15.6. The molecule has 1 aliphatic carbocycles. The molecule has 0 aliphatic heterocycles. The fourth-order valence-corrected chi connectivity index (χ4v) is 2.69. The number of benzene rings is 1. The third-order valence-electron chi connectivity index (χ3n) is 4.01. The van der Waals surface area contributed by atoms with Crippen LogP contribution in [0.2, 0.25) is 0 Å². The molecule has 2 rings (SSSR count). The van der Waals surface area contributed by atoms with Crippen molar-refractivity contribution >= 4 is 11.6 Å². The van der Waals surface area contributed by atoms with Gasteiger partial charge in [0.05, 0.1) is 0 Å². The monoisotopic (exact) mass is 334 g/mol. The van der Waals surface area contributed by atoms with Gasteiger partial charge < -0.3 is 21.3 Å². The quantitative estimate of drug-likeness (QED) is 0.680. The number of carbonyl (C=O) groups is 1. The summed E-state index contributed by atoms with van der Waals surface area (Å²) in [5, 5.41) is 21.3. The van der Waals surface area contributed by atoms with Crippen molar-refractivity contribution in [2.45, 2.75) is 58.9 Å². The highest BCUT2D eigenvalue weighted by atomic mass is 16.3. The van der Waals surface area contributed by atoms with Crippen molar-refractivity contribution in [1.82, 2.24) is 5.32 Å². The summed E-state index contributed by atoms with van der Waals surface area (Å²) in [5.74, 6) is 0.594. The molecule has 1 aliphatic rings. The van der Waals surface area contributed by atoms with E-state index in [9.17, 15) is 9.90 Å². The molecule has 0 atom stereocenters. The third kappa shape index (κ3) is 6.52. The number of rotatable bonds is 3. The minimum absolute atomic E-state index is 0.00870. The maximum Gasteiger partial charge on any atom is 0.223 e. The number of phenols is 2. The van der Waals surface area contributed by atoms with Gasteiger partial charge in [-0.15, -0.1) is 0 Å². The summed E-state index contributed by atoms with van der Waals surface area (Å²) in [6.07, 6.45) is 7.65. The molecule has 0 unspecified atom stereocenters. The first-order valence-corrected chi connectivity index (χ1v) is 8.59. The Morgan fingerprint density at radius 2 is 1.88 bits per heavy atom. The van der Waals surface area contributed by atoms with Crippen LogP contribution in [-0.4, -0.2) is 22.2 Å². The van der Waals surface area contributed by atoms with E-state index in [1.807, 2.05) is 13.8 Å². The molecule has 5 N–H and O–H groups in total. The fraction of sp³-hybridized carbons (Fsp3) is 0.526. The van der Waals surface area contributed by atoms with Gasteiger partial charge in [-0.05, 0) is 45.7 Å². The number of carbonyl (C=O) groups excluding carboxylic acids is 1. The zero-order chi connectivity index (χ0) is 18.1. The number of nitrogens with two attached hydrogens (primary N) is 1. The van der Waals surface area contributed by atoms with Gasteiger partial charge in [0.15, 0.2) is 0 Å². The highest BCUT2D eigenvalue weighted by Crippen LogP contribution is 2.26. The lowest BCUT2D eigenvalue weighted by atomic mass is 9.88. The van der Waals surface area contributed by atoms with Crippen LogP contribution in [0.15, 0.2) is 24.3 Å². The summed E-state index contributed by atoms with van der Waals surface area (Å²) >= 11 is 0. The second-order valence-electron chi connectivity index (χ2n) is 6.44. The third-order valence-corrected chi connectivity index (χ3v) is 4.01. The number of phenolic OH excluding ortho intramolecular Hbond substituents is 2. The average Bonchev–Trinajstić information content (AvgIpc) is 2.55. The minimum Gasteiger partial charge on any atom is -0.508 e. The number of amides is 1. The zero-order valence-corrected chi connectivity index (χ0v) is 14.9. The van der Waals surface area contributed by atoms with Gasteiger partial charge in [-0.1, -0.05) is 25.3 Å². The van der Waals surface area contributed by atoms with Crippen LogP contribution in [-0.2, 0) is 4.79 Å². The van der Waals surface area contributed by atoms with Crippen LogP contribution in [0.1, 0.15) is 58.4 Å². The molecule has 24 heavy (non-hydrogen) atoms. The van der Waals surface area contributed by atoms with E-state index in [0.717, 1.165) is 12.8 Å². The lowest BCUT2D eigenvalue weighted by molar-refractivity contribution is -0.126. The molecule has 0 heterocycles. The topological polar surface area (TPSA) is 95.6 Å². The molecule has 1 aromatic rings. The molecule has 0 saturated heterocycles. The number of hydrogen-bond donors (Lipinski definition) is 4. The summed E-state index contributed by atoms with van der Waals surface area (Å²) in [4.78, 5) is 11.5. The van der Waals surface area contributed by atoms with Crippen molar-refractivity contribution in [2.75, 3.05) is 0 Å². The van der Waals surface area contributed by atoms with Crippen molar-refractivity contribution in [2.24, 2.45) is 11.7 Å². The van der Waals surface area contributed by atoms with Gasteiger partial charge in [0, 0.05) is 29.3 Å². The number of hydrogen-bond acceptors (Lipinski definition) is 4. The molecular weight excluding hydrogens is 304 g/mol. The standard InChI is InChI=1S/C10H19NO.C9H11NO2/c1-8(2)11-10(12)9-6-4-3-5-7-9;1-2-8(10)7-4-3-6(11)5-9(7)12/h8-9H,3-7H2,1-2H3,(H,11,12);2-5,11-12H,10H2,1H3/b;8-2-. The maximum atomic E-state index is 11.5. The summed E-state index contributed by atoms with van der Waals surface area (Å²) in [6, 6.07) is 4.59. The molecule has 1 amide bonds. The number of nitrogens with one attached hydrogen (secondary N) is 1. The van der Waals surface area contributed by atoms with Gasteiger partial charge >= 0.3 is 0 Å². The van der Waals surface area contributed by atoms with E-state index in [0.29, 0.717) is 23.2 Å². The van der Waals surface area contributed by atoms with Gasteiger partial charge in [0.1, 0.15) is 11.5 Å². The Morgan fingerprint density at radius 1 is 1.25 bits per heavy atom. The van der Waals surface area contributed by atoms with E-state index >= 15 is 0 Å². The van der Waals surface area contributed by atoms with E-state index in [1.165, 1.54) is 31.4 Å². The van der Waals surface area contributed by atoms with E-state index in [4.69, 9.17) is 10.8 Å². The largest absolute Gasteiger partial charge is 0.508 e. The first kappa shape index (κ1) is 19.9. The molecule has 1 saturated carbocycles. The van der Waals surface area contributed by atoms with Crippen molar-refractivity contribution in [1.29, 1.82) is 0 Å².